The second-order valence-electron chi connectivity index (χ2n) is 4.63. The van der Waals surface area contributed by atoms with Crippen LogP contribution in [0.15, 0.2) is 59.2 Å². The minimum atomic E-state index is 0.888. The summed E-state index contributed by atoms with van der Waals surface area (Å²) >= 11 is 5.13. The van der Waals surface area contributed by atoms with Crippen molar-refractivity contribution in [2.24, 2.45) is 0 Å². The smallest absolute Gasteiger partial charge is 0.188 e. The van der Waals surface area contributed by atoms with Crippen molar-refractivity contribution in [1.29, 1.82) is 0 Å². The first kappa shape index (κ1) is 12.7. The number of fused-ring (bicyclic) bond motifs is 2. The molecule has 0 fully saturated rings. The van der Waals surface area contributed by atoms with E-state index in [1.165, 1.54) is 0 Å². The standard InChI is InChI=1S/C16H10BrN3S/c17-10-6-7-14-15(9-10)21-16(20-14)19-13-5-1-4-12-11(13)3-2-8-18-12/h1-9H,(H,19,20). The SMILES string of the molecule is Brc1ccc2nc(Nc3cccc4ncccc34)sc2c1. The molecule has 102 valence electrons. The highest BCUT2D eigenvalue weighted by Crippen LogP contribution is 2.32. The lowest BCUT2D eigenvalue weighted by atomic mass is 10.2. The molecule has 4 aromatic rings. The van der Waals surface area contributed by atoms with Crippen molar-refractivity contribution < 1.29 is 0 Å². The van der Waals surface area contributed by atoms with Gasteiger partial charge in [0, 0.05) is 21.7 Å². The van der Waals surface area contributed by atoms with Crippen LogP contribution in [0.25, 0.3) is 21.1 Å². The molecule has 5 heteroatoms. The highest BCUT2D eigenvalue weighted by Gasteiger charge is 2.06. The number of thiazole rings is 1. The van der Waals surface area contributed by atoms with Crippen molar-refractivity contribution in [3.63, 3.8) is 0 Å². The largest absolute Gasteiger partial charge is 0.331 e. The molecule has 0 aliphatic carbocycles. The zero-order valence-corrected chi connectivity index (χ0v) is 13.3. The van der Waals surface area contributed by atoms with Crippen LogP contribution in [0.3, 0.4) is 0 Å². The summed E-state index contributed by atoms with van der Waals surface area (Å²) in [5.74, 6) is 0. The van der Waals surface area contributed by atoms with Crippen LogP contribution in [-0.2, 0) is 0 Å². The van der Waals surface area contributed by atoms with Gasteiger partial charge < -0.3 is 5.32 Å². The molecule has 1 N–H and O–H groups in total. The zero-order valence-electron chi connectivity index (χ0n) is 10.9. The lowest BCUT2D eigenvalue weighted by Crippen LogP contribution is -1.91. The van der Waals surface area contributed by atoms with Crippen molar-refractivity contribution in [2.45, 2.75) is 0 Å². The van der Waals surface area contributed by atoms with E-state index in [0.29, 0.717) is 0 Å². The summed E-state index contributed by atoms with van der Waals surface area (Å²) < 4.78 is 2.23. The van der Waals surface area contributed by atoms with E-state index in [1.54, 1.807) is 17.5 Å². The van der Waals surface area contributed by atoms with Gasteiger partial charge in [-0.15, -0.1) is 0 Å². The van der Waals surface area contributed by atoms with Gasteiger partial charge in [0.05, 0.1) is 15.7 Å². The third kappa shape index (κ3) is 2.39. The molecule has 0 atom stereocenters. The Balaban J connectivity index is 1.79. The minimum absolute atomic E-state index is 0.888. The number of anilines is 2. The Kier molecular flexibility index (Phi) is 3.09. The van der Waals surface area contributed by atoms with E-state index < -0.39 is 0 Å². The fourth-order valence-electron chi connectivity index (χ4n) is 2.28. The Morgan fingerprint density at radius 2 is 1.95 bits per heavy atom. The monoisotopic (exact) mass is 355 g/mol. The van der Waals surface area contributed by atoms with Crippen molar-refractivity contribution in [3.05, 3.63) is 59.2 Å². The summed E-state index contributed by atoms with van der Waals surface area (Å²) in [7, 11) is 0. The summed E-state index contributed by atoms with van der Waals surface area (Å²) in [5.41, 5.74) is 3.01. The van der Waals surface area contributed by atoms with E-state index in [9.17, 15) is 0 Å². The minimum Gasteiger partial charge on any atom is -0.331 e. The molecule has 0 bridgehead atoms. The fraction of sp³-hybridized carbons (Fsp3) is 0. The van der Waals surface area contributed by atoms with Crippen LogP contribution in [-0.4, -0.2) is 9.97 Å². The second kappa shape index (κ2) is 5.09. The van der Waals surface area contributed by atoms with Gasteiger partial charge in [-0.05, 0) is 42.5 Å². The molecule has 0 radical (unpaired) electrons. The van der Waals surface area contributed by atoms with Gasteiger partial charge in [0.15, 0.2) is 5.13 Å². The van der Waals surface area contributed by atoms with Crippen molar-refractivity contribution in [1.82, 2.24) is 9.97 Å². The molecule has 2 heterocycles. The molecular weight excluding hydrogens is 346 g/mol. The van der Waals surface area contributed by atoms with Crippen LogP contribution < -0.4 is 5.32 Å². The molecule has 0 aliphatic heterocycles. The van der Waals surface area contributed by atoms with Gasteiger partial charge in [-0.3, -0.25) is 4.98 Å². The topological polar surface area (TPSA) is 37.8 Å². The van der Waals surface area contributed by atoms with Crippen LogP contribution in [0.2, 0.25) is 0 Å². The van der Waals surface area contributed by atoms with Gasteiger partial charge in [-0.1, -0.05) is 33.3 Å². The molecule has 2 aromatic carbocycles. The predicted molar refractivity (Wildman–Crippen MR) is 92.3 cm³/mol. The number of pyridine rings is 1. The van der Waals surface area contributed by atoms with Crippen LogP contribution in [0.5, 0.6) is 0 Å². The van der Waals surface area contributed by atoms with Crippen molar-refractivity contribution in [3.8, 4) is 0 Å². The lowest BCUT2D eigenvalue weighted by molar-refractivity contribution is 1.40. The summed E-state index contributed by atoms with van der Waals surface area (Å²) in [6, 6.07) is 16.2. The van der Waals surface area contributed by atoms with E-state index in [1.807, 2.05) is 36.4 Å². The maximum atomic E-state index is 4.62. The number of nitrogens with zero attached hydrogens (tertiary/aromatic N) is 2. The molecule has 21 heavy (non-hydrogen) atoms. The first-order chi connectivity index (χ1) is 10.3. The van der Waals surface area contributed by atoms with Crippen molar-refractivity contribution >= 4 is 59.2 Å². The normalized spacial score (nSPS) is 11.1. The molecule has 0 unspecified atom stereocenters. The van der Waals surface area contributed by atoms with Gasteiger partial charge in [0.2, 0.25) is 0 Å². The van der Waals surface area contributed by atoms with Crippen molar-refractivity contribution in [2.75, 3.05) is 5.32 Å². The first-order valence-electron chi connectivity index (χ1n) is 6.46. The number of nitrogens with one attached hydrogen (secondary N) is 1. The Bertz CT molecular complexity index is 943. The molecular formula is C16H10BrN3S. The third-order valence-corrected chi connectivity index (χ3v) is 4.66. The highest BCUT2D eigenvalue weighted by molar-refractivity contribution is 9.10. The Labute approximate surface area is 133 Å². The molecule has 0 saturated carbocycles. The predicted octanol–water partition coefficient (Wildman–Crippen LogP) is 5.35. The molecule has 2 aromatic heterocycles. The average Bonchev–Trinajstić information content (AvgIpc) is 2.89. The lowest BCUT2D eigenvalue weighted by Gasteiger charge is -2.06. The van der Waals surface area contributed by atoms with E-state index in [4.69, 9.17) is 0 Å². The molecule has 0 spiro atoms. The van der Waals surface area contributed by atoms with E-state index >= 15 is 0 Å². The number of benzene rings is 2. The molecule has 4 rings (SSSR count). The number of aromatic nitrogens is 2. The van der Waals surface area contributed by atoms with Crippen LogP contribution >= 0.6 is 27.3 Å². The van der Waals surface area contributed by atoms with Crippen LogP contribution in [0.1, 0.15) is 0 Å². The van der Waals surface area contributed by atoms with Crippen LogP contribution in [0.4, 0.5) is 10.8 Å². The number of halogens is 1. The summed E-state index contributed by atoms with van der Waals surface area (Å²) in [6.07, 6.45) is 1.81. The second-order valence-corrected chi connectivity index (χ2v) is 6.58. The maximum Gasteiger partial charge on any atom is 0.188 e. The maximum absolute atomic E-state index is 4.62. The fourth-order valence-corrected chi connectivity index (χ4v) is 3.71. The number of hydrogen-bond donors (Lipinski definition) is 1. The summed E-state index contributed by atoms with van der Waals surface area (Å²) in [6.45, 7) is 0. The molecule has 0 aliphatic rings. The van der Waals surface area contributed by atoms with Crippen LogP contribution in [0, 0.1) is 0 Å². The number of hydrogen-bond acceptors (Lipinski definition) is 4. The third-order valence-electron chi connectivity index (χ3n) is 3.24. The summed E-state index contributed by atoms with van der Waals surface area (Å²) in [4.78, 5) is 9.00. The Morgan fingerprint density at radius 3 is 2.90 bits per heavy atom. The summed E-state index contributed by atoms with van der Waals surface area (Å²) in [5, 5.41) is 5.39. The van der Waals surface area contributed by atoms with Gasteiger partial charge in [-0.2, -0.15) is 0 Å². The Hall–Kier alpha value is -1.98. The highest BCUT2D eigenvalue weighted by atomic mass is 79.9. The van der Waals surface area contributed by atoms with E-state index in [2.05, 4.69) is 43.3 Å². The molecule has 0 saturated heterocycles. The number of rotatable bonds is 2. The zero-order chi connectivity index (χ0) is 14.2. The van der Waals surface area contributed by atoms with Gasteiger partial charge >= 0.3 is 0 Å². The van der Waals surface area contributed by atoms with Gasteiger partial charge in [0.25, 0.3) is 0 Å². The average molecular weight is 356 g/mol. The van der Waals surface area contributed by atoms with Gasteiger partial charge in [-0.25, -0.2) is 4.98 Å². The van der Waals surface area contributed by atoms with E-state index in [-0.39, 0.29) is 0 Å². The van der Waals surface area contributed by atoms with Gasteiger partial charge in [0.1, 0.15) is 0 Å². The van der Waals surface area contributed by atoms with E-state index in [0.717, 1.165) is 36.4 Å². The Morgan fingerprint density at radius 1 is 1.00 bits per heavy atom. The molecule has 0 amide bonds. The first-order valence-corrected chi connectivity index (χ1v) is 8.07. The molecule has 3 nitrogen and oxygen atoms in total. The quantitative estimate of drug-likeness (QED) is 0.526.